The topological polar surface area (TPSA) is 93.7 Å². The van der Waals surface area contributed by atoms with Gasteiger partial charge in [0.1, 0.15) is 5.82 Å². The Hall–Kier alpha value is -3.21. The number of sulfonamides is 1. The quantitative estimate of drug-likeness (QED) is 0.499. The summed E-state index contributed by atoms with van der Waals surface area (Å²) >= 11 is 0. The number of anilines is 5. The standard InChI is InChI=1S/C26H33N7O2S/c1-20-19-27-26(29-21-8-10-23(11-9-21)32-16-14-31(2)15-17-32)30-25(20)28-22-6-5-7-24(18-22)36(34,35)33-12-3-4-13-33/h5-11,18-19H,3-4,12-17H2,1-2H3,(H2,27,28,29,30). The molecule has 2 aromatic carbocycles. The van der Waals surface area contributed by atoms with Crippen LogP contribution >= 0.6 is 0 Å². The Morgan fingerprint density at radius 3 is 2.31 bits per heavy atom. The first-order valence-corrected chi connectivity index (χ1v) is 13.8. The van der Waals surface area contributed by atoms with Crippen LogP contribution in [0.2, 0.25) is 0 Å². The van der Waals surface area contributed by atoms with Gasteiger partial charge < -0.3 is 20.4 Å². The van der Waals surface area contributed by atoms with Gasteiger partial charge >= 0.3 is 0 Å². The summed E-state index contributed by atoms with van der Waals surface area (Å²) in [5, 5.41) is 6.55. The minimum atomic E-state index is -3.48. The zero-order chi connectivity index (χ0) is 25.1. The number of nitrogens with zero attached hydrogens (tertiary/aromatic N) is 5. The molecule has 0 amide bonds. The van der Waals surface area contributed by atoms with Crippen LogP contribution in [0.5, 0.6) is 0 Å². The van der Waals surface area contributed by atoms with Crippen LogP contribution in [0.4, 0.5) is 28.8 Å². The number of benzene rings is 2. The van der Waals surface area contributed by atoms with E-state index in [1.807, 2.05) is 25.1 Å². The van der Waals surface area contributed by atoms with Crippen LogP contribution in [0.25, 0.3) is 0 Å². The molecule has 2 saturated heterocycles. The minimum absolute atomic E-state index is 0.292. The number of piperazine rings is 1. The van der Waals surface area contributed by atoms with Gasteiger partial charge in [-0.1, -0.05) is 6.07 Å². The molecule has 0 radical (unpaired) electrons. The van der Waals surface area contributed by atoms with Crippen LogP contribution in [0.1, 0.15) is 18.4 Å². The number of nitrogens with one attached hydrogen (secondary N) is 2. The summed E-state index contributed by atoms with van der Waals surface area (Å²) in [7, 11) is -1.33. The van der Waals surface area contributed by atoms with Gasteiger partial charge in [0.05, 0.1) is 4.90 Å². The highest BCUT2D eigenvalue weighted by atomic mass is 32.2. The van der Waals surface area contributed by atoms with Gasteiger partial charge in [0.15, 0.2) is 0 Å². The number of aryl methyl sites for hydroxylation is 1. The third kappa shape index (κ3) is 5.45. The van der Waals surface area contributed by atoms with Crippen molar-refractivity contribution in [3.8, 4) is 0 Å². The summed E-state index contributed by atoms with van der Waals surface area (Å²) in [5.41, 5.74) is 3.64. The molecule has 36 heavy (non-hydrogen) atoms. The van der Waals surface area contributed by atoms with E-state index >= 15 is 0 Å². The molecule has 1 aromatic heterocycles. The van der Waals surface area contributed by atoms with Crippen molar-refractivity contribution < 1.29 is 8.42 Å². The predicted molar refractivity (Wildman–Crippen MR) is 144 cm³/mol. The van der Waals surface area contributed by atoms with E-state index in [0.29, 0.717) is 35.4 Å². The largest absolute Gasteiger partial charge is 0.369 e. The van der Waals surface area contributed by atoms with E-state index in [0.717, 1.165) is 50.3 Å². The van der Waals surface area contributed by atoms with Crippen molar-refractivity contribution in [2.75, 3.05) is 61.8 Å². The Morgan fingerprint density at radius 2 is 1.58 bits per heavy atom. The van der Waals surface area contributed by atoms with Crippen molar-refractivity contribution in [2.24, 2.45) is 0 Å². The van der Waals surface area contributed by atoms with Crippen molar-refractivity contribution in [2.45, 2.75) is 24.7 Å². The molecule has 0 aliphatic carbocycles. The van der Waals surface area contributed by atoms with Gasteiger partial charge in [0.2, 0.25) is 16.0 Å². The van der Waals surface area contributed by atoms with Crippen molar-refractivity contribution in [1.82, 2.24) is 19.2 Å². The second-order valence-electron chi connectivity index (χ2n) is 9.45. The third-order valence-electron chi connectivity index (χ3n) is 6.76. The van der Waals surface area contributed by atoms with Crippen molar-refractivity contribution in [1.29, 1.82) is 0 Å². The second-order valence-corrected chi connectivity index (χ2v) is 11.4. The Morgan fingerprint density at radius 1 is 0.861 bits per heavy atom. The van der Waals surface area contributed by atoms with Gasteiger partial charge in [-0.05, 0) is 69.3 Å². The van der Waals surface area contributed by atoms with Gasteiger partial charge in [0.25, 0.3) is 0 Å². The molecule has 2 fully saturated rings. The highest BCUT2D eigenvalue weighted by molar-refractivity contribution is 7.89. The molecule has 0 unspecified atom stereocenters. The molecule has 0 bridgehead atoms. The highest BCUT2D eigenvalue weighted by Gasteiger charge is 2.27. The first kappa shape index (κ1) is 24.5. The van der Waals surface area contributed by atoms with Crippen LogP contribution in [0.3, 0.4) is 0 Å². The zero-order valence-corrected chi connectivity index (χ0v) is 21.6. The van der Waals surface area contributed by atoms with Gasteiger partial charge in [-0.2, -0.15) is 9.29 Å². The molecule has 2 N–H and O–H groups in total. The van der Waals surface area contributed by atoms with Crippen LogP contribution in [-0.2, 0) is 10.0 Å². The van der Waals surface area contributed by atoms with Crippen molar-refractivity contribution in [3.05, 3.63) is 60.3 Å². The van der Waals surface area contributed by atoms with Crippen LogP contribution in [0.15, 0.2) is 59.6 Å². The monoisotopic (exact) mass is 507 g/mol. The van der Waals surface area contributed by atoms with E-state index in [2.05, 4.69) is 49.6 Å². The molecular formula is C26H33N7O2S. The fourth-order valence-electron chi connectivity index (χ4n) is 4.53. The van der Waals surface area contributed by atoms with E-state index in [9.17, 15) is 8.42 Å². The summed E-state index contributed by atoms with van der Waals surface area (Å²) in [6.45, 7) is 7.27. The molecular weight excluding hydrogens is 474 g/mol. The molecule has 2 aliphatic heterocycles. The molecule has 0 saturated carbocycles. The Bertz CT molecular complexity index is 1300. The normalized spacial score (nSPS) is 17.3. The van der Waals surface area contributed by atoms with Crippen LogP contribution in [-0.4, -0.2) is 73.9 Å². The van der Waals surface area contributed by atoms with Gasteiger partial charge in [-0.25, -0.2) is 13.4 Å². The SMILES string of the molecule is Cc1cnc(Nc2ccc(N3CCN(C)CC3)cc2)nc1Nc1cccc(S(=O)(=O)N2CCCC2)c1. The lowest BCUT2D eigenvalue weighted by atomic mass is 10.2. The maximum absolute atomic E-state index is 13.0. The summed E-state index contributed by atoms with van der Waals surface area (Å²) in [6, 6.07) is 15.2. The van der Waals surface area contributed by atoms with Crippen LogP contribution in [0, 0.1) is 6.92 Å². The highest BCUT2D eigenvalue weighted by Crippen LogP contribution is 2.26. The number of aromatic nitrogens is 2. The van der Waals surface area contributed by atoms with E-state index in [-0.39, 0.29) is 0 Å². The molecule has 0 spiro atoms. The average Bonchev–Trinajstić information content (AvgIpc) is 3.44. The number of hydrogen-bond acceptors (Lipinski definition) is 8. The van der Waals surface area contributed by atoms with E-state index in [1.165, 1.54) is 5.69 Å². The maximum atomic E-state index is 13.0. The average molecular weight is 508 g/mol. The van der Waals surface area contributed by atoms with E-state index in [1.54, 1.807) is 28.7 Å². The van der Waals surface area contributed by atoms with Gasteiger partial charge in [-0.3, -0.25) is 0 Å². The number of rotatable bonds is 7. The smallest absolute Gasteiger partial charge is 0.243 e. The van der Waals surface area contributed by atoms with Gasteiger partial charge in [0, 0.05) is 68.1 Å². The molecule has 9 nitrogen and oxygen atoms in total. The minimum Gasteiger partial charge on any atom is -0.369 e. The summed E-state index contributed by atoms with van der Waals surface area (Å²) < 4.78 is 27.5. The summed E-state index contributed by atoms with van der Waals surface area (Å²) in [4.78, 5) is 14.1. The molecule has 5 rings (SSSR count). The number of hydrogen-bond donors (Lipinski definition) is 2. The molecule has 2 aliphatic rings. The first-order valence-electron chi connectivity index (χ1n) is 12.4. The van der Waals surface area contributed by atoms with E-state index < -0.39 is 10.0 Å². The lowest BCUT2D eigenvalue weighted by Gasteiger charge is -2.34. The predicted octanol–water partition coefficient (Wildman–Crippen LogP) is 3.81. The molecule has 3 heterocycles. The first-order chi connectivity index (χ1) is 17.4. The fourth-order valence-corrected chi connectivity index (χ4v) is 6.09. The Kier molecular flexibility index (Phi) is 7.08. The van der Waals surface area contributed by atoms with Gasteiger partial charge in [-0.15, -0.1) is 0 Å². The third-order valence-corrected chi connectivity index (χ3v) is 8.66. The van der Waals surface area contributed by atoms with Crippen molar-refractivity contribution in [3.63, 3.8) is 0 Å². The summed E-state index contributed by atoms with van der Waals surface area (Å²) in [6.07, 6.45) is 3.57. The van der Waals surface area contributed by atoms with Crippen molar-refractivity contribution >= 4 is 38.9 Å². The number of likely N-dealkylation sites (N-methyl/N-ethyl adjacent to an activating group) is 1. The van der Waals surface area contributed by atoms with E-state index in [4.69, 9.17) is 0 Å². The Labute approximate surface area is 213 Å². The molecule has 3 aromatic rings. The van der Waals surface area contributed by atoms with Crippen LogP contribution < -0.4 is 15.5 Å². The maximum Gasteiger partial charge on any atom is 0.243 e. The lowest BCUT2D eigenvalue weighted by Crippen LogP contribution is -2.44. The fraction of sp³-hybridized carbons (Fsp3) is 0.385. The molecule has 0 atom stereocenters. The second kappa shape index (κ2) is 10.4. The Balaban J connectivity index is 1.29. The molecule has 10 heteroatoms. The lowest BCUT2D eigenvalue weighted by molar-refractivity contribution is 0.313. The summed E-state index contributed by atoms with van der Waals surface area (Å²) in [5.74, 6) is 1.09. The molecule has 190 valence electrons. The zero-order valence-electron chi connectivity index (χ0n) is 20.8.